The second-order valence-corrected chi connectivity index (χ2v) is 6.23. The Balaban J connectivity index is 3.00. The molecule has 0 saturated carbocycles. The maximum atomic E-state index is 11.3. The van der Waals surface area contributed by atoms with Crippen LogP contribution in [0.5, 0.6) is 0 Å². The van der Waals surface area contributed by atoms with E-state index in [4.69, 9.17) is 5.14 Å². The minimum Gasteiger partial charge on any atom is -0.296 e. The van der Waals surface area contributed by atoms with Gasteiger partial charge in [-0.3, -0.25) is 4.90 Å². The lowest BCUT2D eigenvalue weighted by atomic mass is 10.1. The molecule has 2 N–H and O–H groups in total. The molecule has 0 bridgehead atoms. The Hall–Kier alpha value is -1.17. The highest BCUT2D eigenvalue weighted by atomic mass is 32.2. The van der Waals surface area contributed by atoms with Crippen LogP contribution in [0.4, 0.5) is 0 Å². The van der Waals surface area contributed by atoms with E-state index in [-0.39, 0.29) is 10.9 Å². The summed E-state index contributed by atoms with van der Waals surface area (Å²) in [5.74, 6) is 0. The Bertz CT molecular complexity index is 538. The van der Waals surface area contributed by atoms with Gasteiger partial charge in [-0.1, -0.05) is 24.3 Å². The molecule has 0 aliphatic heterocycles. The van der Waals surface area contributed by atoms with Gasteiger partial charge in [-0.05, 0) is 38.6 Å². The Morgan fingerprint density at radius 3 is 2.61 bits per heavy atom. The van der Waals surface area contributed by atoms with Gasteiger partial charge in [0, 0.05) is 12.6 Å². The van der Waals surface area contributed by atoms with E-state index in [1.165, 1.54) is 6.07 Å². The number of likely N-dealkylation sites (N-methyl/N-ethyl adjacent to an activating group) is 1. The Morgan fingerprint density at radius 2 is 2.11 bits per heavy atom. The summed E-state index contributed by atoms with van der Waals surface area (Å²) in [6, 6.07) is 6.83. The van der Waals surface area contributed by atoms with Crippen LogP contribution in [0.25, 0.3) is 0 Å². The molecule has 0 heterocycles. The van der Waals surface area contributed by atoms with E-state index in [1.54, 1.807) is 12.1 Å². The second kappa shape index (κ2) is 5.65. The van der Waals surface area contributed by atoms with Crippen molar-refractivity contribution >= 4 is 10.0 Å². The van der Waals surface area contributed by atoms with Crippen molar-refractivity contribution < 1.29 is 8.42 Å². The monoisotopic (exact) mass is 268 g/mol. The zero-order valence-electron chi connectivity index (χ0n) is 11.1. The van der Waals surface area contributed by atoms with Crippen LogP contribution in [0.2, 0.25) is 0 Å². The molecule has 4 nitrogen and oxygen atoms in total. The van der Waals surface area contributed by atoms with E-state index in [0.29, 0.717) is 0 Å². The fraction of sp³-hybridized carbons (Fsp3) is 0.385. The van der Waals surface area contributed by atoms with Gasteiger partial charge in [-0.15, -0.1) is 0 Å². The first-order valence-electron chi connectivity index (χ1n) is 5.69. The number of rotatable bonds is 5. The molecule has 1 atom stereocenters. The van der Waals surface area contributed by atoms with Crippen molar-refractivity contribution in [1.82, 2.24) is 4.90 Å². The van der Waals surface area contributed by atoms with E-state index < -0.39 is 10.0 Å². The third-order valence-electron chi connectivity index (χ3n) is 2.85. The van der Waals surface area contributed by atoms with Gasteiger partial charge in [0.2, 0.25) is 10.0 Å². The largest absolute Gasteiger partial charge is 0.296 e. The van der Waals surface area contributed by atoms with Crippen molar-refractivity contribution in [1.29, 1.82) is 0 Å². The molecule has 0 aliphatic rings. The van der Waals surface area contributed by atoms with E-state index in [9.17, 15) is 8.42 Å². The van der Waals surface area contributed by atoms with Crippen LogP contribution >= 0.6 is 0 Å². The Labute approximate surface area is 109 Å². The first kappa shape index (κ1) is 14.9. The smallest absolute Gasteiger partial charge is 0.238 e. The molecule has 0 spiro atoms. The molecular weight excluding hydrogens is 248 g/mol. The van der Waals surface area contributed by atoms with Crippen molar-refractivity contribution in [3.8, 4) is 0 Å². The van der Waals surface area contributed by atoms with E-state index in [0.717, 1.165) is 17.7 Å². The predicted molar refractivity (Wildman–Crippen MR) is 73.7 cm³/mol. The van der Waals surface area contributed by atoms with Crippen LogP contribution in [0.3, 0.4) is 0 Å². The van der Waals surface area contributed by atoms with Gasteiger partial charge >= 0.3 is 0 Å². The summed E-state index contributed by atoms with van der Waals surface area (Å²) in [5, 5.41) is 5.13. The van der Waals surface area contributed by atoms with E-state index >= 15 is 0 Å². The van der Waals surface area contributed by atoms with Crippen molar-refractivity contribution in [2.45, 2.75) is 24.8 Å². The van der Waals surface area contributed by atoms with Gasteiger partial charge in [0.05, 0.1) is 4.90 Å². The summed E-state index contributed by atoms with van der Waals surface area (Å²) in [5.41, 5.74) is 1.98. The minimum absolute atomic E-state index is 0.100. The lowest BCUT2D eigenvalue weighted by Crippen LogP contribution is -2.24. The fourth-order valence-corrected chi connectivity index (χ4v) is 2.34. The average molecular weight is 268 g/mol. The first-order chi connectivity index (χ1) is 8.21. The van der Waals surface area contributed by atoms with Gasteiger partial charge in [0.15, 0.2) is 0 Å². The average Bonchev–Trinajstić information content (AvgIpc) is 2.26. The maximum absolute atomic E-state index is 11.3. The number of hydrogen-bond acceptors (Lipinski definition) is 3. The standard InChI is InChI=1S/C13H20N2O2S/c1-10(2)9-15(4)11(3)12-6-5-7-13(8-12)18(14,16)17/h5-8,11H,1,9H2,2-4H3,(H2,14,16,17)/t11-/m0/s1. The molecular formula is C13H20N2O2S. The van der Waals surface area contributed by atoms with Crippen LogP contribution in [-0.4, -0.2) is 26.9 Å². The highest BCUT2D eigenvalue weighted by Gasteiger charge is 2.14. The first-order valence-corrected chi connectivity index (χ1v) is 7.24. The number of primary sulfonamides is 1. The predicted octanol–water partition coefficient (Wildman–Crippen LogP) is 1.90. The second-order valence-electron chi connectivity index (χ2n) is 4.67. The Kier molecular flexibility index (Phi) is 4.67. The molecule has 0 aliphatic carbocycles. The third-order valence-corrected chi connectivity index (χ3v) is 3.76. The topological polar surface area (TPSA) is 63.4 Å². The zero-order chi connectivity index (χ0) is 13.9. The molecule has 100 valence electrons. The van der Waals surface area contributed by atoms with Crippen molar-refractivity contribution in [3.05, 3.63) is 42.0 Å². The van der Waals surface area contributed by atoms with Crippen molar-refractivity contribution in [3.63, 3.8) is 0 Å². The summed E-state index contributed by atoms with van der Waals surface area (Å²) >= 11 is 0. The van der Waals surface area contributed by atoms with Crippen LogP contribution < -0.4 is 5.14 Å². The molecule has 0 saturated heterocycles. The third kappa shape index (κ3) is 3.94. The molecule has 1 rings (SSSR count). The normalized spacial score (nSPS) is 13.6. The van der Waals surface area contributed by atoms with Crippen LogP contribution in [0, 0.1) is 0 Å². The van der Waals surface area contributed by atoms with Crippen molar-refractivity contribution in [2.75, 3.05) is 13.6 Å². The fourth-order valence-electron chi connectivity index (χ4n) is 1.77. The number of hydrogen-bond donors (Lipinski definition) is 1. The lowest BCUT2D eigenvalue weighted by molar-refractivity contribution is 0.283. The summed E-state index contributed by atoms with van der Waals surface area (Å²) in [6.07, 6.45) is 0. The molecule has 0 aromatic heterocycles. The van der Waals surface area contributed by atoms with Gasteiger partial charge < -0.3 is 0 Å². The lowest BCUT2D eigenvalue weighted by Gasteiger charge is -2.25. The van der Waals surface area contributed by atoms with E-state index in [1.807, 2.05) is 27.0 Å². The quantitative estimate of drug-likeness (QED) is 0.830. The minimum atomic E-state index is -3.64. The molecule has 1 aromatic carbocycles. The van der Waals surface area contributed by atoms with Gasteiger partial charge in [0.25, 0.3) is 0 Å². The highest BCUT2D eigenvalue weighted by molar-refractivity contribution is 7.89. The summed E-state index contributed by atoms with van der Waals surface area (Å²) in [6.45, 7) is 8.62. The SMILES string of the molecule is C=C(C)CN(C)[C@@H](C)c1cccc(S(N)(=O)=O)c1. The van der Waals surface area contributed by atoms with Crippen LogP contribution in [0.15, 0.2) is 41.3 Å². The maximum Gasteiger partial charge on any atom is 0.238 e. The van der Waals surface area contributed by atoms with Gasteiger partial charge in [0.1, 0.15) is 0 Å². The summed E-state index contributed by atoms with van der Waals surface area (Å²) < 4.78 is 22.6. The number of sulfonamides is 1. The van der Waals surface area contributed by atoms with Crippen molar-refractivity contribution in [2.24, 2.45) is 5.14 Å². The molecule has 0 fully saturated rings. The number of nitrogens with two attached hydrogens (primary N) is 1. The Morgan fingerprint density at radius 1 is 1.50 bits per heavy atom. The van der Waals surface area contributed by atoms with E-state index in [2.05, 4.69) is 11.5 Å². The molecule has 5 heteroatoms. The zero-order valence-corrected chi connectivity index (χ0v) is 11.9. The summed E-state index contributed by atoms with van der Waals surface area (Å²) in [4.78, 5) is 2.25. The molecule has 0 unspecified atom stereocenters. The summed E-state index contributed by atoms with van der Waals surface area (Å²) in [7, 11) is -1.67. The molecule has 0 radical (unpaired) electrons. The van der Waals surface area contributed by atoms with Crippen LogP contribution in [0.1, 0.15) is 25.5 Å². The molecule has 1 aromatic rings. The van der Waals surface area contributed by atoms with Crippen LogP contribution in [-0.2, 0) is 10.0 Å². The number of benzene rings is 1. The molecule has 18 heavy (non-hydrogen) atoms. The molecule has 0 amide bonds. The highest BCUT2D eigenvalue weighted by Crippen LogP contribution is 2.21. The van der Waals surface area contributed by atoms with Gasteiger partial charge in [-0.2, -0.15) is 0 Å². The number of nitrogens with zero attached hydrogens (tertiary/aromatic N) is 1. The van der Waals surface area contributed by atoms with Gasteiger partial charge in [-0.25, -0.2) is 13.6 Å².